The van der Waals surface area contributed by atoms with Crippen LogP contribution in [0.4, 0.5) is 0 Å². The third-order valence-electron chi connectivity index (χ3n) is 3.90. The number of ether oxygens (including phenoxy) is 1. The molecule has 0 aliphatic carbocycles. The summed E-state index contributed by atoms with van der Waals surface area (Å²) in [6.07, 6.45) is 5.03. The standard InChI is InChI=1S/C15H19N5O2/c1-10(17-14(21)15(2)6-3-9-22-15)12-18-13(20-19-12)11-4-7-16-8-5-11/h4-5,7-8,10H,3,6,9H2,1-2H3,(H,17,21)(H,18,19,20)/t10-,15+/m0/s1. The topological polar surface area (TPSA) is 92.8 Å². The summed E-state index contributed by atoms with van der Waals surface area (Å²) in [5, 5.41) is 9.99. The van der Waals surface area contributed by atoms with Gasteiger partial charge >= 0.3 is 0 Å². The van der Waals surface area contributed by atoms with Crippen LogP contribution in [0.2, 0.25) is 0 Å². The van der Waals surface area contributed by atoms with E-state index in [1.807, 2.05) is 26.0 Å². The minimum atomic E-state index is -0.734. The molecule has 2 aromatic heterocycles. The van der Waals surface area contributed by atoms with Crippen LogP contribution in [-0.4, -0.2) is 38.3 Å². The summed E-state index contributed by atoms with van der Waals surface area (Å²) in [4.78, 5) is 20.7. The number of H-pyrrole nitrogens is 1. The molecule has 7 heteroatoms. The largest absolute Gasteiger partial charge is 0.365 e. The van der Waals surface area contributed by atoms with Crippen molar-refractivity contribution in [2.24, 2.45) is 0 Å². The lowest BCUT2D eigenvalue weighted by Crippen LogP contribution is -2.45. The van der Waals surface area contributed by atoms with Crippen LogP contribution in [0, 0.1) is 0 Å². The maximum Gasteiger partial charge on any atom is 0.252 e. The number of aromatic amines is 1. The van der Waals surface area contributed by atoms with E-state index in [0.29, 0.717) is 18.3 Å². The van der Waals surface area contributed by atoms with Gasteiger partial charge in [-0.2, -0.15) is 5.10 Å². The van der Waals surface area contributed by atoms with Crippen LogP contribution in [0.1, 0.15) is 38.6 Å². The summed E-state index contributed by atoms with van der Waals surface area (Å²) in [5.74, 6) is 1.09. The van der Waals surface area contributed by atoms with Crippen LogP contribution in [-0.2, 0) is 9.53 Å². The zero-order valence-corrected chi connectivity index (χ0v) is 12.7. The maximum absolute atomic E-state index is 12.3. The predicted octanol–water partition coefficient (Wildman–Crippen LogP) is 1.61. The van der Waals surface area contributed by atoms with E-state index in [1.54, 1.807) is 12.4 Å². The van der Waals surface area contributed by atoms with Crippen LogP contribution >= 0.6 is 0 Å². The minimum Gasteiger partial charge on any atom is -0.365 e. The van der Waals surface area contributed by atoms with Crippen LogP contribution in [0.3, 0.4) is 0 Å². The number of hydrogen-bond donors (Lipinski definition) is 2. The molecule has 1 amide bonds. The molecular formula is C15H19N5O2. The first-order chi connectivity index (χ1) is 10.6. The van der Waals surface area contributed by atoms with Crippen LogP contribution in [0.15, 0.2) is 24.5 Å². The van der Waals surface area contributed by atoms with Crippen molar-refractivity contribution in [1.82, 2.24) is 25.5 Å². The van der Waals surface area contributed by atoms with Gasteiger partial charge in [0.1, 0.15) is 11.4 Å². The average molecular weight is 301 g/mol. The average Bonchev–Trinajstić information content (AvgIpc) is 3.18. The summed E-state index contributed by atoms with van der Waals surface area (Å²) in [7, 11) is 0. The van der Waals surface area contributed by atoms with Gasteiger partial charge in [0.2, 0.25) is 0 Å². The number of carbonyl (C=O) groups is 1. The molecule has 1 aliphatic rings. The second-order valence-corrected chi connectivity index (χ2v) is 5.66. The van der Waals surface area contributed by atoms with E-state index < -0.39 is 5.60 Å². The van der Waals surface area contributed by atoms with Crippen molar-refractivity contribution in [2.75, 3.05) is 6.61 Å². The Balaban J connectivity index is 1.69. The van der Waals surface area contributed by atoms with E-state index >= 15 is 0 Å². The Morgan fingerprint density at radius 2 is 2.23 bits per heavy atom. The van der Waals surface area contributed by atoms with Gasteiger partial charge in [0.05, 0.1) is 6.04 Å². The van der Waals surface area contributed by atoms with E-state index in [2.05, 4.69) is 25.5 Å². The van der Waals surface area contributed by atoms with Gasteiger partial charge in [-0.1, -0.05) is 0 Å². The van der Waals surface area contributed by atoms with Crippen LogP contribution in [0.25, 0.3) is 11.4 Å². The SMILES string of the molecule is C[C@H](NC(=O)[C@@]1(C)CCCO1)c1nc(-c2ccncc2)n[nH]1. The second-order valence-electron chi connectivity index (χ2n) is 5.66. The third kappa shape index (κ3) is 2.85. The van der Waals surface area contributed by atoms with E-state index in [9.17, 15) is 4.79 Å². The number of pyridine rings is 1. The van der Waals surface area contributed by atoms with Gasteiger partial charge in [-0.15, -0.1) is 0 Å². The molecule has 1 aliphatic heterocycles. The molecule has 3 heterocycles. The number of nitrogens with one attached hydrogen (secondary N) is 2. The first kappa shape index (κ1) is 14.6. The molecule has 0 aromatic carbocycles. The summed E-state index contributed by atoms with van der Waals surface area (Å²) in [6, 6.07) is 3.41. The fourth-order valence-electron chi connectivity index (χ4n) is 2.47. The van der Waals surface area contributed by atoms with Crippen molar-refractivity contribution in [3.63, 3.8) is 0 Å². The van der Waals surface area contributed by atoms with Crippen LogP contribution in [0.5, 0.6) is 0 Å². The zero-order chi connectivity index (χ0) is 15.6. The fraction of sp³-hybridized carbons (Fsp3) is 0.467. The molecule has 2 N–H and O–H groups in total. The van der Waals surface area contributed by atoms with E-state index in [-0.39, 0.29) is 11.9 Å². The fourth-order valence-corrected chi connectivity index (χ4v) is 2.47. The number of aromatic nitrogens is 4. The van der Waals surface area contributed by atoms with Crippen molar-refractivity contribution < 1.29 is 9.53 Å². The highest BCUT2D eigenvalue weighted by Crippen LogP contribution is 2.26. The Morgan fingerprint density at radius 1 is 1.45 bits per heavy atom. The van der Waals surface area contributed by atoms with Gasteiger partial charge in [0.25, 0.3) is 5.91 Å². The van der Waals surface area contributed by atoms with Gasteiger partial charge in [0, 0.05) is 24.6 Å². The minimum absolute atomic E-state index is 0.112. The van der Waals surface area contributed by atoms with Crippen molar-refractivity contribution in [3.8, 4) is 11.4 Å². The molecule has 1 fully saturated rings. The van der Waals surface area contributed by atoms with Crippen LogP contribution < -0.4 is 5.32 Å². The van der Waals surface area contributed by atoms with Crippen molar-refractivity contribution >= 4 is 5.91 Å². The number of hydrogen-bond acceptors (Lipinski definition) is 5. The smallest absolute Gasteiger partial charge is 0.252 e. The maximum atomic E-state index is 12.3. The van der Waals surface area contributed by atoms with Gasteiger partial charge in [0.15, 0.2) is 5.82 Å². The molecule has 116 valence electrons. The van der Waals surface area contributed by atoms with Gasteiger partial charge in [-0.05, 0) is 38.8 Å². The Bertz CT molecular complexity index is 649. The molecule has 2 aromatic rings. The first-order valence-electron chi connectivity index (χ1n) is 7.36. The summed E-state index contributed by atoms with van der Waals surface area (Å²) in [5.41, 5.74) is 0.143. The normalized spacial score (nSPS) is 22.5. The Morgan fingerprint density at radius 3 is 2.91 bits per heavy atom. The Labute approximate surface area is 128 Å². The molecule has 3 rings (SSSR count). The number of rotatable bonds is 4. The van der Waals surface area contributed by atoms with Crippen molar-refractivity contribution in [3.05, 3.63) is 30.4 Å². The van der Waals surface area contributed by atoms with Crippen molar-refractivity contribution in [2.45, 2.75) is 38.3 Å². The molecule has 22 heavy (non-hydrogen) atoms. The van der Waals surface area contributed by atoms with E-state index in [0.717, 1.165) is 18.4 Å². The zero-order valence-electron chi connectivity index (χ0n) is 12.7. The quantitative estimate of drug-likeness (QED) is 0.895. The molecule has 7 nitrogen and oxygen atoms in total. The summed E-state index contributed by atoms with van der Waals surface area (Å²) < 4.78 is 5.55. The van der Waals surface area contributed by atoms with E-state index in [4.69, 9.17) is 4.74 Å². The Kier molecular flexibility index (Phi) is 3.89. The molecule has 0 saturated carbocycles. The van der Waals surface area contributed by atoms with Gasteiger partial charge in [-0.3, -0.25) is 14.9 Å². The number of nitrogens with zero attached hydrogens (tertiary/aromatic N) is 3. The number of amides is 1. The highest BCUT2D eigenvalue weighted by atomic mass is 16.5. The molecule has 0 radical (unpaired) electrons. The predicted molar refractivity (Wildman–Crippen MR) is 79.8 cm³/mol. The third-order valence-corrected chi connectivity index (χ3v) is 3.90. The molecule has 1 saturated heterocycles. The molecule has 0 bridgehead atoms. The summed E-state index contributed by atoms with van der Waals surface area (Å²) >= 11 is 0. The lowest BCUT2D eigenvalue weighted by atomic mass is 10.0. The van der Waals surface area contributed by atoms with Crippen molar-refractivity contribution in [1.29, 1.82) is 0 Å². The molecule has 0 unspecified atom stereocenters. The Hall–Kier alpha value is -2.28. The van der Waals surface area contributed by atoms with Gasteiger partial charge in [-0.25, -0.2) is 4.98 Å². The molecular weight excluding hydrogens is 282 g/mol. The highest BCUT2D eigenvalue weighted by molar-refractivity contribution is 5.85. The van der Waals surface area contributed by atoms with Gasteiger partial charge < -0.3 is 10.1 Å². The molecule has 2 atom stereocenters. The lowest BCUT2D eigenvalue weighted by molar-refractivity contribution is -0.140. The summed E-state index contributed by atoms with van der Waals surface area (Å²) in [6.45, 7) is 4.32. The highest BCUT2D eigenvalue weighted by Gasteiger charge is 2.38. The second kappa shape index (κ2) is 5.84. The first-order valence-corrected chi connectivity index (χ1v) is 7.36. The monoisotopic (exact) mass is 301 g/mol. The van der Waals surface area contributed by atoms with E-state index in [1.165, 1.54) is 0 Å². The lowest BCUT2D eigenvalue weighted by Gasteiger charge is -2.23. The number of carbonyl (C=O) groups excluding carboxylic acids is 1. The molecule has 0 spiro atoms.